The minimum Gasteiger partial charge on any atom is -0.367 e. The fourth-order valence-electron chi connectivity index (χ4n) is 2.72. The Kier molecular flexibility index (Phi) is 4.16. The molecule has 1 aliphatic heterocycles. The molecule has 1 saturated heterocycles. The summed E-state index contributed by atoms with van der Waals surface area (Å²) in [5, 5.41) is 0. The SMILES string of the molecule is CC1CCC(CN)CN1c1ccccc1S(C)(=O)=O. The van der Waals surface area contributed by atoms with Crippen molar-refractivity contribution in [3.05, 3.63) is 24.3 Å². The molecule has 2 unspecified atom stereocenters. The van der Waals surface area contributed by atoms with Crippen molar-refractivity contribution in [3.63, 3.8) is 0 Å². The molecule has 106 valence electrons. The third-order valence-corrected chi connectivity index (χ3v) is 5.03. The largest absolute Gasteiger partial charge is 0.367 e. The molecule has 0 aromatic heterocycles. The van der Waals surface area contributed by atoms with Gasteiger partial charge in [-0.25, -0.2) is 8.42 Å². The normalized spacial score (nSPS) is 24.5. The van der Waals surface area contributed by atoms with Gasteiger partial charge in [0.25, 0.3) is 0 Å². The van der Waals surface area contributed by atoms with Crippen LogP contribution in [0.15, 0.2) is 29.2 Å². The molecule has 2 atom stereocenters. The number of hydrogen-bond acceptors (Lipinski definition) is 4. The van der Waals surface area contributed by atoms with Gasteiger partial charge in [0.2, 0.25) is 0 Å². The summed E-state index contributed by atoms with van der Waals surface area (Å²) in [6, 6.07) is 7.60. The second-order valence-corrected chi connectivity index (χ2v) is 7.40. The van der Waals surface area contributed by atoms with Crippen molar-refractivity contribution in [1.29, 1.82) is 0 Å². The molecule has 0 spiro atoms. The number of para-hydroxylation sites is 1. The standard InChI is InChI=1S/C14H22N2O2S/c1-11-7-8-12(9-15)10-16(11)13-5-3-4-6-14(13)19(2,17)18/h3-6,11-12H,7-10,15H2,1-2H3. The van der Waals surface area contributed by atoms with Crippen LogP contribution >= 0.6 is 0 Å². The lowest BCUT2D eigenvalue weighted by Gasteiger charge is -2.40. The van der Waals surface area contributed by atoms with Crippen LogP contribution in [0.25, 0.3) is 0 Å². The van der Waals surface area contributed by atoms with E-state index in [0.717, 1.165) is 25.1 Å². The summed E-state index contributed by atoms with van der Waals surface area (Å²) in [7, 11) is -3.20. The first-order chi connectivity index (χ1) is 8.93. The second kappa shape index (κ2) is 5.51. The number of nitrogens with zero attached hydrogens (tertiary/aromatic N) is 1. The highest BCUT2D eigenvalue weighted by Gasteiger charge is 2.27. The molecular weight excluding hydrogens is 260 g/mol. The maximum Gasteiger partial charge on any atom is 0.177 e. The molecule has 0 bridgehead atoms. The number of sulfone groups is 1. The first-order valence-corrected chi connectivity index (χ1v) is 8.58. The van der Waals surface area contributed by atoms with Crippen molar-refractivity contribution in [2.45, 2.75) is 30.7 Å². The van der Waals surface area contributed by atoms with E-state index in [1.807, 2.05) is 12.1 Å². The Morgan fingerprint density at radius 1 is 1.32 bits per heavy atom. The van der Waals surface area contributed by atoms with E-state index in [1.54, 1.807) is 12.1 Å². The zero-order valence-corrected chi connectivity index (χ0v) is 12.4. The topological polar surface area (TPSA) is 63.4 Å². The van der Waals surface area contributed by atoms with Crippen molar-refractivity contribution in [2.24, 2.45) is 11.7 Å². The zero-order chi connectivity index (χ0) is 14.0. The maximum absolute atomic E-state index is 11.9. The Labute approximate surface area is 115 Å². The Bertz CT molecular complexity index is 542. The predicted molar refractivity (Wildman–Crippen MR) is 78.1 cm³/mol. The molecule has 2 rings (SSSR count). The van der Waals surface area contributed by atoms with Crippen LogP contribution in [0.3, 0.4) is 0 Å². The van der Waals surface area contributed by atoms with E-state index in [2.05, 4.69) is 11.8 Å². The van der Waals surface area contributed by atoms with Crippen molar-refractivity contribution in [1.82, 2.24) is 0 Å². The Morgan fingerprint density at radius 3 is 2.63 bits per heavy atom. The smallest absolute Gasteiger partial charge is 0.177 e. The van der Waals surface area contributed by atoms with E-state index in [9.17, 15) is 8.42 Å². The molecule has 19 heavy (non-hydrogen) atoms. The van der Waals surface area contributed by atoms with Crippen LogP contribution < -0.4 is 10.6 Å². The Morgan fingerprint density at radius 2 is 2.00 bits per heavy atom. The summed E-state index contributed by atoms with van der Waals surface area (Å²) in [6.45, 7) is 3.64. The number of benzene rings is 1. The summed E-state index contributed by atoms with van der Waals surface area (Å²) >= 11 is 0. The van der Waals surface area contributed by atoms with Gasteiger partial charge in [0.1, 0.15) is 0 Å². The molecule has 0 aliphatic carbocycles. The van der Waals surface area contributed by atoms with E-state index in [0.29, 0.717) is 23.4 Å². The summed E-state index contributed by atoms with van der Waals surface area (Å²) < 4.78 is 23.8. The number of piperidine rings is 1. The third-order valence-electron chi connectivity index (χ3n) is 3.89. The van der Waals surface area contributed by atoms with Gasteiger partial charge in [-0.3, -0.25) is 0 Å². The lowest BCUT2D eigenvalue weighted by molar-refractivity contribution is 0.372. The molecule has 2 N–H and O–H groups in total. The molecular formula is C14H22N2O2S. The van der Waals surface area contributed by atoms with Gasteiger partial charge in [-0.05, 0) is 44.4 Å². The average Bonchev–Trinajstić information content (AvgIpc) is 2.38. The molecule has 1 aromatic carbocycles. The van der Waals surface area contributed by atoms with Gasteiger partial charge in [-0.15, -0.1) is 0 Å². The summed E-state index contributed by atoms with van der Waals surface area (Å²) in [5.74, 6) is 0.448. The van der Waals surface area contributed by atoms with Crippen molar-refractivity contribution < 1.29 is 8.42 Å². The number of hydrogen-bond donors (Lipinski definition) is 1. The molecule has 0 saturated carbocycles. The van der Waals surface area contributed by atoms with Gasteiger partial charge in [0, 0.05) is 18.8 Å². The van der Waals surface area contributed by atoms with E-state index in [1.165, 1.54) is 6.26 Å². The molecule has 1 heterocycles. The maximum atomic E-state index is 11.9. The zero-order valence-electron chi connectivity index (χ0n) is 11.5. The lowest BCUT2D eigenvalue weighted by Crippen LogP contribution is -2.44. The first kappa shape index (κ1) is 14.3. The Hall–Kier alpha value is -1.07. The summed E-state index contributed by atoms with van der Waals surface area (Å²) in [5.41, 5.74) is 6.58. The van der Waals surface area contributed by atoms with Crippen molar-refractivity contribution in [2.75, 3.05) is 24.2 Å². The van der Waals surface area contributed by atoms with Gasteiger partial charge in [0.15, 0.2) is 9.84 Å². The van der Waals surface area contributed by atoms with Crippen LogP contribution in [-0.2, 0) is 9.84 Å². The minimum atomic E-state index is -3.20. The predicted octanol–water partition coefficient (Wildman–Crippen LogP) is 1.65. The fourth-order valence-corrected chi connectivity index (χ4v) is 3.61. The van der Waals surface area contributed by atoms with Crippen LogP contribution in [0.5, 0.6) is 0 Å². The quantitative estimate of drug-likeness (QED) is 0.915. The molecule has 0 amide bonds. The third kappa shape index (κ3) is 3.09. The molecule has 0 radical (unpaired) electrons. The first-order valence-electron chi connectivity index (χ1n) is 6.69. The van der Waals surface area contributed by atoms with E-state index in [4.69, 9.17) is 5.73 Å². The highest BCUT2D eigenvalue weighted by Crippen LogP contribution is 2.32. The van der Waals surface area contributed by atoms with Crippen LogP contribution in [0, 0.1) is 5.92 Å². The van der Waals surface area contributed by atoms with Crippen LogP contribution in [0.1, 0.15) is 19.8 Å². The Balaban J connectivity index is 2.40. The molecule has 1 fully saturated rings. The number of anilines is 1. The number of rotatable bonds is 3. The monoisotopic (exact) mass is 282 g/mol. The summed E-state index contributed by atoms with van der Waals surface area (Å²) in [6.07, 6.45) is 3.44. The second-order valence-electron chi connectivity index (χ2n) is 5.42. The highest BCUT2D eigenvalue weighted by molar-refractivity contribution is 7.90. The van der Waals surface area contributed by atoms with Gasteiger partial charge in [0.05, 0.1) is 10.6 Å². The van der Waals surface area contributed by atoms with E-state index in [-0.39, 0.29) is 0 Å². The van der Waals surface area contributed by atoms with Crippen LogP contribution in [-0.4, -0.2) is 33.8 Å². The van der Waals surface area contributed by atoms with E-state index >= 15 is 0 Å². The van der Waals surface area contributed by atoms with Gasteiger partial charge >= 0.3 is 0 Å². The van der Waals surface area contributed by atoms with Crippen LogP contribution in [0.2, 0.25) is 0 Å². The van der Waals surface area contributed by atoms with Gasteiger partial charge < -0.3 is 10.6 Å². The highest BCUT2D eigenvalue weighted by atomic mass is 32.2. The van der Waals surface area contributed by atoms with Gasteiger partial charge in [-0.1, -0.05) is 12.1 Å². The average molecular weight is 282 g/mol. The lowest BCUT2D eigenvalue weighted by atomic mass is 9.93. The number of nitrogens with two attached hydrogens (primary N) is 1. The molecule has 1 aliphatic rings. The molecule has 5 heteroatoms. The molecule has 4 nitrogen and oxygen atoms in total. The summed E-state index contributed by atoms with van der Waals surface area (Å²) in [4.78, 5) is 2.61. The minimum absolute atomic E-state index is 0.352. The van der Waals surface area contributed by atoms with E-state index < -0.39 is 9.84 Å². The van der Waals surface area contributed by atoms with Crippen LogP contribution in [0.4, 0.5) is 5.69 Å². The molecule has 1 aromatic rings. The van der Waals surface area contributed by atoms with Crippen molar-refractivity contribution in [3.8, 4) is 0 Å². The van der Waals surface area contributed by atoms with Gasteiger partial charge in [-0.2, -0.15) is 0 Å². The van der Waals surface area contributed by atoms with Crippen molar-refractivity contribution >= 4 is 15.5 Å². The fraction of sp³-hybridized carbons (Fsp3) is 0.571.